The summed E-state index contributed by atoms with van der Waals surface area (Å²) in [5, 5.41) is 0. The second-order valence-electron chi connectivity index (χ2n) is 3.06. The molecule has 1 unspecified atom stereocenters. The largest absolute Gasteiger partial charge is 2.00 e. The van der Waals surface area contributed by atoms with Gasteiger partial charge >= 0.3 is 17.1 Å². The molecule has 0 aromatic heterocycles. The zero-order valence-electron chi connectivity index (χ0n) is 9.04. The second kappa shape index (κ2) is 9.69. The number of hydrogen-bond donors (Lipinski definition) is 0. The predicted octanol–water partition coefficient (Wildman–Crippen LogP) is 2.45. The van der Waals surface area contributed by atoms with Gasteiger partial charge in [0.1, 0.15) is 0 Å². The molecule has 0 bridgehead atoms. The zero-order valence-corrected chi connectivity index (χ0v) is 10.1. The Morgan fingerprint density at radius 1 is 0.867 bits per heavy atom. The van der Waals surface area contributed by atoms with Crippen LogP contribution in [0.4, 0.5) is 0 Å². The van der Waals surface area contributed by atoms with E-state index in [-0.39, 0.29) is 23.2 Å². The van der Waals surface area contributed by atoms with Crippen LogP contribution in [0.25, 0.3) is 0 Å². The smallest absolute Gasteiger partial charge is 0.381 e. The molecule has 0 spiro atoms. The summed E-state index contributed by atoms with van der Waals surface area (Å²) in [5.74, 6) is 1.25. The monoisotopic (exact) mass is 244 g/mol. The van der Waals surface area contributed by atoms with Gasteiger partial charge in [0.2, 0.25) is 0 Å². The first kappa shape index (κ1) is 15.5. The van der Waals surface area contributed by atoms with Gasteiger partial charge in [0, 0.05) is 13.0 Å². The minimum atomic E-state index is 0. The van der Waals surface area contributed by atoms with Gasteiger partial charge in [-0.15, -0.1) is 0 Å². The number of hydrogen-bond acceptors (Lipinski definition) is 1. The van der Waals surface area contributed by atoms with Gasteiger partial charge in [-0.2, -0.15) is 0 Å². The van der Waals surface area contributed by atoms with E-state index in [1.54, 1.807) is 7.11 Å². The molecule has 80 valence electrons. The van der Waals surface area contributed by atoms with Gasteiger partial charge in [-0.1, -0.05) is 0 Å². The van der Waals surface area contributed by atoms with Crippen LogP contribution in [0.15, 0.2) is 0 Å². The molecule has 2 saturated carbocycles. The van der Waals surface area contributed by atoms with Crippen LogP contribution >= 0.6 is 0 Å². The Bertz CT molecular complexity index is 121. The average molecular weight is 244 g/mol. The molecule has 0 aromatic carbocycles. The standard InChI is InChI=1S/C8H11O.C5H5.Fe/c1-7(9-2)8-5-3-4-6-8;1-2-4-5-3-1;/h3-7H,1-2H3;1-5H;/q;;+2. The Morgan fingerprint density at radius 3 is 1.60 bits per heavy atom. The van der Waals surface area contributed by atoms with Crippen LogP contribution in [-0.2, 0) is 21.8 Å². The van der Waals surface area contributed by atoms with Gasteiger partial charge in [0.05, 0.1) is 6.10 Å². The van der Waals surface area contributed by atoms with Crippen molar-refractivity contribution < 1.29 is 21.8 Å². The molecule has 2 heteroatoms. The molecule has 0 amide bonds. The summed E-state index contributed by atoms with van der Waals surface area (Å²) in [6.45, 7) is 2.04. The maximum absolute atomic E-state index is 5.09. The van der Waals surface area contributed by atoms with Crippen LogP contribution < -0.4 is 0 Å². The third-order valence-corrected chi connectivity index (χ3v) is 2.07. The van der Waals surface area contributed by atoms with Crippen molar-refractivity contribution in [1.82, 2.24) is 0 Å². The number of methoxy groups -OCH3 is 1. The van der Waals surface area contributed by atoms with Crippen molar-refractivity contribution in [3.05, 3.63) is 63.7 Å². The van der Waals surface area contributed by atoms with Gasteiger partial charge in [0.15, 0.2) is 0 Å². The summed E-state index contributed by atoms with van der Waals surface area (Å²) in [7, 11) is 1.72. The fourth-order valence-electron chi connectivity index (χ4n) is 1.12. The molecule has 0 saturated heterocycles. The third-order valence-electron chi connectivity index (χ3n) is 2.07. The van der Waals surface area contributed by atoms with Gasteiger partial charge in [-0.25, -0.2) is 0 Å². The van der Waals surface area contributed by atoms with Crippen LogP contribution in [0.2, 0.25) is 0 Å². The Labute approximate surface area is 106 Å². The molecular formula is C13H16FeO+2. The zero-order chi connectivity index (χ0) is 10.2. The molecule has 2 fully saturated rings. The molecule has 1 atom stereocenters. The summed E-state index contributed by atoms with van der Waals surface area (Å²) in [4.78, 5) is 0. The number of rotatable bonds is 2. The first-order chi connectivity index (χ1) is 6.84. The van der Waals surface area contributed by atoms with Crippen molar-refractivity contribution in [2.45, 2.75) is 13.0 Å². The maximum Gasteiger partial charge on any atom is 2.00 e. The topological polar surface area (TPSA) is 9.23 Å². The van der Waals surface area contributed by atoms with Crippen LogP contribution in [0.5, 0.6) is 0 Å². The van der Waals surface area contributed by atoms with E-state index in [1.165, 1.54) is 5.92 Å². The normalized spacial score (nSPS) is 22.8. The SMILES string of the molecule is COC(C)[C]1[CH][CH][CH][CH]1.[CH]1[CH][CH][CH][CH]1.[Fe+2]. The molecule has 0 aromatic rings. The van der Waals surface area contributed by atoms with Crippen molar-refractivity contribution >= 4 is 0 Å². The number of ether oxygens (including phenoxy) is 1. The Kier molecular flexibility index (Phi) is 10.00. The second-order valence-corrected chi connectivity index (χ2v) is 3.06. The van der Waals surface area contributed by atoms with E-state index in [0.29, 0.717) is 0 Å². The van der Waals surface area contributed by atoms with Crippen molar-refractivity contribution in [2.75, 3.05) is 7.11 Å². The van der Waals surface area contributed by atoms with Gasteiger partial charge < -0.3 is 4.74 Å². The molecule has 0 heterocycles. The molecule has 2 rings (SSSR count). The molecule has 2 aliphatic rings. The summed E-state index contributed by atoms with van der Waals surface area (Å²) < 4.78 is 5.09. The summed E-state index contributed by atoms with van der Waals surface area (Å²) in [5.41, 5.74) is 0. The predicted molar refractivity (Wildman–Crippen MR) is 58.4 cm³/mol. The van der Waals surface area contributed by atoms with E-state index in [4.69, 9.17) is 4.74 Å². The van der Waals surface area contributed by atoms with Crippen LogP contribution in [0.1, 0.15) is 6.92 Å². The first-order valence-corrected chi connectivity index (χ1v) is 4.75. The van der Waals surface area contributed by atoms with E-state index in [9.17, 15) is 0 Å². The Hall–Kier alpha value is 0.479. The molecule has 10 radical (unpaired) electrons. The van der Waals surface area contributed by atoms with Gasteiger partial charge in [0.25, 0.3) is 0 Å². The Balaban J connectivity index is 0.000000280. The minimum absolute atomic E-state index is 0. The summed E-state index contributed by atoms with van der Waals surface area (Å²) in [6.07, 6.45) is 18.4. The Morgan fingerprint density at radius 2 is 1.27 bits per heavy atom. The van der Waals surface area contributed by atoms with Gasteiger partial charge in [-0.3, -0.25) is 0 Å². The minimum Gasteiger partial charge on any atom is -0.381 e. The molecule has 2 aliphatic carbocycles. The molecule has 0 N–H and O–H groups in total. The summed E-state index contributed by atoms with van der Waals surface area (Å²) in [6, 6.07) is 0. The van der Waals surface area contributed by atoms with Gasteiger partial charge in [-0.05, 0) is 64.7 Å². The maximum atomic E-state index is 5.09. The molecule has 1 nitrogen and oxygen atoms in total. The fourth-order valence-corrected chi connectivity index (χ4v) is 1.12. The average Bonchev–Trinajstić information content (AvgIpc) is 2.91. The quantitative estimate of drug-likeness (QED) is 0.678. The first-order valence-electron chi connectivity index (χ1n) is 4.75. The van der Waals surface area contributed by atoms with Crippen LogP contribution in [0.3, 0.4) is 0 Å². The van der Waals surface area contributed by atoms with Crippen molar-refractivity contribution in [1.29, 1.82) is 0 Å². The molecule has 0 aliphatic heterocycles. The van der Waals surface area contributed by atoms with Crippen LogP contribution in [0, 0.1) is 63.7 Å². The fraction of sp³-hybridized carbons (Fsp3) is 0.231. The van der Waals surface area contributed by atoms with E-state index in [1.807, 2.05) is 51.9 Å². The van der Waals surface area contributed by atoms with Crippen molar-refractivity contribution in [3.63, 3.8) is 0 Å². The van der Waals surface area contributed by atoms with E-state index in [2.05, 4.69) is 12.8 Å². The van der Waals surface area contributed by atoms with E-state index >= 15 is 0 Å². The van der Waals surface area contributed by atoms with Crippen molar-refractivity contribution in [3.8, 4) is 0 Å². The van der Waals surface area contributed by atoms with Crippen molar-refractivity contribution in [2.24, 2.45) is 0 Å². The molecular weight excluding hydrogens is 228 g/mol. The third kappa shape index (κ3) is 6.60. The summed E-state index contributed by atoms with van der Waals surface area (Å²) >= 11 is 0. The van der Waals surface area contributed by atoms with E-state index < -0.39 is 0 Å². The van der Waals surface area contributed by atoms with E-state index in [0.717, 1.165) is 0 Å². The molecule has 15 heavy (non-hydrogen) atoms. The van der Waals surface area contributed by atoms with Crippen LogP contribution in [-0.4, -0.2) is 13.2 Å².